The van der Waals surface area contributed by atoms with E-state index >= 15 is 0 Å². The number of carbonyl (C=O) groups excluding carboxylic acids is 1. The van der Waals surface area contributed by atoms with Crippen LogP contribution in [0.25, 0.3) is 0 Å². The van der Waals surface area contributed by atoms with E-state index in [2.05, 4.69) is 41.4 Å². The maximum absolute atomic E-state index is 13.1. The number of carbonyl (C=O) groups is 1. The Bertz CT molecular complexity index is 765. The van der Waals surface area contributed by atoms with Gasteiger partial charge in [0.2, 0.25) is 0 Å². The van der Waals surface area contributed by atoms with Crippen molar-refractivity contribution in [1.29, 1.82) is 0 Å². The first-order valence-corrected chi connectivity index (χ1v) is 9.00. The molecule has 0 aliphatic carbocycles. The van der Waals surface area contributed by atoms with Gasteiger partial charge in [-0.3, -0.25) is 0 Å². The molecule has 0 spiro atoms. The predicted octanol–water partition coefficient (Wildman–Crippen LogP) is 3.90. The Labute approximate surface area is 154 Å². The van der Waals surface area contributed by atoms with Gasteiger partial charge in [0.1, 0.15) is 5.82 Å². The minimum absolute atomic E-state index is 0.0804. The van der Waals surface area contributed by atoms with Crippen molar-refractivity contribution in [2.45, 2.75) is 26.3 Å². The zero-order valence-electron chi connectivity index (χ0n) is 15.6. The first kappa shape index (κ1) is 18.2. The van der Waals surface area contributed by atoms with E-state index < -0.39 is 5.54 Å². The van der Waals surface area contributed by atoms with Crippen molar-refractivity contribution in [3.05, 3.63) is 65.5 Å². The summed E-state index contributed by atoms with van der Waals surface area (Å²) in [6.45, 7) is 8.94. The summed E-state index contributed by atoms with van der Waals surface area (Å²) in [6.07, 6.45) is 0. The zero-order chi connectivity index (χ0) is 18.7. The highest BCUT2D eigenvalue weighted by Crippen LogP contribution is 2.22. The molecule has 138 valence electrons. The van der Waals surface area contributed by atoms with Crippen LogP contribution in [0.1, 0.15) is 25.0 Å². The highest BCUT2D eigenvalue weighted by atomic mass is 19.1. The number of piperazine rings is 1. The molecule has 3 rings (SSSR count). The van der Waals surface area contributed by atoms with Gasteiger partial charge in [0, 0.05) is 31.9 Å². The van der Waals surface area contributed by atoms with Crippen molar-refractivity contribution in [2.24, 2.45) is 0 Å². The predicted molar refractivity (Wildman–Crippen MR) is 103 cm³/mol. The van der Waals surface area contributed by atoms with E-state index in [0.29, 0.717) is 13.1 Å². The summed E-state index contributed by atoms with van der Waals surface area (Å²) in [6, 6.07) is 14.6. The van der Waals surface area contributed by atoms with Gasteiger partial charge in [-0.25, -0.2) is 9.18 Å². The fourth-order valence-corrected chi connectivity index (χ4v) is 3.28. The Morgan fingerprint density at radius 3 is 2.31 bits per heavy atom. The molecule has 5 heteroatoms. The molecule has 1 N–H and O–H groups in total. The average Bonchev–Trinajstić information content (AvgIpc) is 2.62. The number of hydrogen-bond acceptors (Lipinski definition) is 2. The van der Waals surface area contributed by atoms with Crippen molar-refractivity contribution in [1.82, 2.24) is 10.2 Å². The molecule has 0 saturated carbocycles. The molecule has 0 atom stereocenters. The van der Waals surface area contributed by atoms with E-state index in [4.69, 9.17) is 0 Å². The third-order valence-electron chi connectivity index (χ3n) is 4.92. The maximum Gasteiger partial charge on any atom is 0.318 e. The number of urea groups is 1. The number of rotatable bonds is 3. The molecule has 2 aromatic carbocycles. The SMILES string of the molecule is Cc1cccc(N2CCN(C(=O)NC(C)(C)c3ccc(F)cc3)CC2)c1. The number of benzene rings is 2. The second kappa shape index (κ2) is 7.36. The number of halogens is 1. The Morgan fingerprint density at radius 2 is 1.69 bits per heavy atom. The molecule has 1 saturated heterocycles. The molecule has 0 unspecified atom stereocenters. The summed E-state index contributed by atoms with van der Waals surface area (Å²) in [5.41, 5.74) is 2.77. The molecular formula is C21H26FN3O. The van der Waals surface area contributed by atoms with Crippen LogP contribution in [0.4, 0.5) is 14.9 Å². The van der Waals surface area contributed by atoms with Gasteiger partial charge in [-0.1, -0.05) is 24.3 Å². The van der Waals surface area contributed by atoms with E-state index in [1.807, 2.05) is 18.7 Å². The van der Waals surface area contributed by atoms with Crippen LogP contribution in [0.2, 0.25) is 0 Å². The standard InChI is InChI=1S/C21H26FN3O/c1-16-5-4-6-19(15-16)24-11-13-25(14-12-24)20(26)23-21(2,3)17-7-9-18(22)10-8-17/h4-10,15H,11-14H2,1-3H3,(H,23,26). The second-order valence-electron chi connectivity index (χ2n) is 7.38. The quantitative estimate of drug-likeness (QED) is 0.906. The number of anilines is 1. The van der Waals surface area contributed by atoms with Crippen molar-refractivity contribution < 1.29 is 9.18 Å². The minimum Gasteiger partial charge on any atom is -0.368 e. The van der Waals surface area contributed by atoms with Gasteiger partial charge >= 0.3 is 6.03 Å². The fourth-order valence-electron chi connectivity index (χ4n) is 3.28. The molecule has 4 nitrogen and oxygen atoms in total. The van der Waals surface area contributed by atoms with E-state index in [1.54, 1.807) is 12.1 Å². The van der Waals surface area contributed by atoms with E-state index in [-0.39, 0.29) is 11.8 Å². The molecule has 1 heterocycles. The lowest BCUT2D eigenvalue weighted by Crippen LogP contribution is -2.55. The van der Waals surface area contributed by atoms with Crippen LogP contribution >= 0.6 is 0 Å². The third kappa shape index (κ3) is 4.15. The normalized spacial score (nSPS) is 15.1. The summed E-state index contributed by atoms with van der Waals surface area (Å²) < 4.78 is 13.1. The number of nitrogens with one attached hydrogen (secondary N) is 1. The number of aryl methyl sites for hydroxylation is 1. The summed E-state index contributed by atoms with van der Waals surface area (Å²) in [5.74, 6) is -0.275. The van der Waals surface area contributed by atoms with Crippen LogP contribution in [0, 0.1) is 12.7 Å². The monoisotopic (exact) mass is 355 g/mol. The fraction of sp³-hybridized carbons (Fsp3) is 0.381. The van der Waals surface area contributed by atoms with Gasteiger partial charge in [-0.2, -0.15) is 0 Å². The summed E-state index contributed by atoms with van der Waals surface area (Å²) >= 11 is 0. The number of nitrogens with zero attached hydrogens (tertiary/aromatic N) is 2. The second-order valence-corrected chi connectivity index (χ2v) is 7.38. The summed E-state index contributed by atoms with van der Waals surface area (Å²) in [5, 5.41) is 3.07. The summed E-state index contributed by atoms with van der Waals surface area (Å²) in [7, 11) is 0. The molecule has 2 amide bonds. The first-order valence-electron chi connectivity index (χ1n) is 9.00. The van der Waals surface area contributed by atoms with Crippen LogP contribution in [0.15, 0.2) is 48.5 Å². The van der Waals surface area contributed by atoms with Crippen molar-refractivity contribution in [3.63, 3.8) is 0 Å². The minimum atomic E-state index is -0.557. The van der Waals surface area contributed by atoms with E-state index in [1.165, 1.54) is 23.4 Å². The average molecular weight is 355 g/mol. The molecule has 26 heavy (non-hydrogen) atoms. The van der Waals surface area contributed by atoms with Gasteiger partial charge in [-0.05, 0) is 56.2 Å². The van der Waals surface area contributed by atoms with Crippen molar-refractivity contribution >= 4 is 11.7 Å². The lowest BCUT2D eigenvalue weighted by atomic mass is 9.94. The van der Waals surface area contributed by atoms with Crippen molar-refractivity contribution in [3.8, 4) is 0 Å². The molecule has 0 aromatic heterocycles. The summed E-state index contributed by atoms with van der Waals surface area (Å²) in [4.78, 5) is 16.8. The first-order chi connectivity index (χ1) is 12.3. The number of amides is 2. The Kier molecular flexibility index (Phi) is 5.16. The molecule has 1 fully saturated rings. The van der Waals surface area contributed by atoms with Crippen LogP contribution in [-0.2, 0) is 5.54 Å². The molecular weight excluding hydrogens is 329 g/mol. The van der Waals surface area contributed by atoms with Crippen LogP contribution in [0.5, 0.6) is 0 Å². The Morgan fingerprint density at radius 1 is 1.04 bits per heavy atom. The Hall–Kier alpha value is -2.56. The van der Waals surface area contributed by atoms with E-state index in [0.717, 1.165) is 18.7 Å². The lowest BCUT2D eigenvalue weighted by Gasteiger charge is -2.38. The van der Waals surface area contributed by atoms with E-state index in [9.17, 15) is 9.18 Å². The highest BCUT2D eigenvalue weighted by molar-refractivity contribution is 5.75. The van der Waals surface area contributed by atoms with Gasteiger partial charge in [0.15, 0.2) is 0 Å². The molecule has 0 radical (unpaired) electrons. The largest absolute Gasteiger partial charge is 0.368 e. The zero-order valence-corrected chi connectivity index (χ0v) is 15.6. The smallest absolute Gasteiger partial charge is 0.318 e. The molecule has 2 aromatic rings. The topological polar surface area (TPSA) is 35.6 Å². The molecule has 1 aliphatic rings. The van der Waals surface area contributed by atoms with Crippen LogP contribution < -0.4 is 10.2 Å². The lowest BCUT2D eigenvalue weighted by molar-refractivity contribution is 0.183. The third-order valence-corrected chi connectivity index (χ3v) is 4.92. The number of hydrogen-bond donors (Lipinski definition) is 1. The Balaban J connectivity index is 1.59. The highest BCUT2D eigenvalue weighted by Gasteiger charge is 2.27. The van der Waals surface area contributed by atoms with Crippen LogP contribution in [0.3, 0.4) is 0 Å². The van der Waals surface area contributed by atoms with Crippen LogP contribution in [-0.4, -0.2) is 37.1 Å². The van der Waals surface area contributed by atoms with Gasteiger partial charge in [0.25, 0.3) is 0 Å². The van der Waals surface area contributed by atoms with Gasteiger partial charge < -0.3 is 15.1 Å². The molecule has 1 aliphatic heterocycles. The molecule has 0 bridgehead atoms. The van der Waals surface area contributed by atoms with Crippen molar-refractivity contribution in [2.75, 3.05) is 31.1 Å². The van der Waals surface area contributed by atoms with Gasteiger partial charge in [-0.15, -0.1) is 0 Å². The maximum atomic E-state index is 13.1. The van der Waals surface area contributed by atoms with Gasteiger partial charge in [0.05, 0.1) is 5.54 Å².